The van der Waals surface area contributed by atoms with Crippen LogP contribution in [0.3, 0.4) is 0 Å². The number of hydrogen-bond donors (Lipinski definition) is 0. The van der Waals surface area contributed by atoms with Gasteiger partial charge in [0.2, 0.25) is 0 Å². The third-order valence-corrected chi connectivity index (χ3v) is 9.63. The predicted octanol–water partition coefficient (Wildman–Crippen LogP) is 9.26. The van der Waals surface area contributed by atoms with E-state index in [9.17, 15) is 0 Å². The molecule has 41 heavy (non-hydrogen) atoms. The van der Waals surface area contributed by atoms with Gasteiger partial charge in [-0.3, -0.25) is 0 Å². The van der Waals surface area contributed by atoms with Crippen molar-refractivity contribution in [2.45, 2.75) is 64.2 Å². The predicted molar refractivity (Wildman–Crippen MR) is 174 cm³/mol. The minimum atomic E-state index is -0.0941. The number of allylic oxidation sites excluding steroid dienone is 9. The molecule has 3 nitrogen and oxygen atoms in total. The van der Waals surface area contributed by atoms with Crippen LogP contribution in [0, 0.1) is 0 Å². The Kier molecular flexibility index (Phi) is 8.80. The average Bonchev–Trinajstić information content (AvgIpc) is 3.32. The highest BCUT2D eigenvalue weighted by molar-refractivity contribution is 6.32. The van der Waals surface area contributed by atoms with Gasteiger partial charge >= 0.3 is 0 Å². The highest BCUT2D eigenvalue weighted by atomic mass is 35.5. The number of fused-ring (bicyclic) bond motifs is 2. The fraction of sp³-hybridized carbons (Fsp3) is 0.405. The number of para-hydroxylation sites is 1. The zero-order valence-electron chi connectivity index (χ0n) is 25.5. The molecule has 0 aromatic heterocycles. The van der Waals surface area contributed by atoms with Crippen molar-refractivity contribution in [3.8, 4) is 0 Å². The van der Waals surface area contributed by atoms with Crippen LogP contribution < -0.4 is 4.90 Å². The molecule has 0 unspecified atom stereocenters. The summed E-state index contributed by atoms with van der Waals surface area (Å²) in [5.74, 6) is 0. The summed E-state index contributed by atoms with van der Waals surface area (Å²) < 4.78 is 10.9. The van der Waals surface area contributed by atoms with Crippen LogP contribution in [0.5, 0.6) is 0 Å². The lowest BCUT2D eigenvalue weighted by atomic mass is 9.80. The second-order valence-electron chi connectivity index (χ2n) is 12.4. The molecule has 0 saturated carbocycles. The molecular weight excluding hydrogens is 526 g/mol. The Hall–Kier alpha value is -2.85. The van der Waals surface area contributed by atoms with Gasteiger partial charge in [-0.25, -0.2) is 0 Å². The molecule has 0 saturated heterocycles. The number of anilines is 1. The zero-order valence-corrected chi connectivity index (χ0v) is 26.3. The molecule has 5 rings (SSSR count). The first kappa shape index (κ1) is 29.6. The van der Waals surface area contributed by atoms with Crippen LogP contribution in [0.2, 0.25) is 0 Å². The number of methoxy groups -OCH3 is 2. The molecule has 0 N–H and O–H groups in total. The first-order chi connectivity index (χ1) is 19.7. The van der Waals surface area contributed by atoms with Crippen molar-refractivity contribution < 1.29 is 9.47 Å². The maximum absolute atomic E-state index is 7.14. The summed E-state index contributed by atoms with van der Waals surface area (Å²) in [7, 11) is 3.54. The first-order valence-corrected chi connectivity index (χ1v) is 15.3. The van der Waals surface area contributed by atoms with E-state index in [1.165, 1.54) is 50.4 Å². The Bertz CT molecular complexity index is 1450. The van der Waals surface area contributed by atoms with Gasteiger partial charge < -0.3 is 14.4 Å². The molecular formula is C37H44ClNO2. The Labute approximate surface area is 251 Å². The second kappa shape index (κ2) is 12.2. The fourth-order valence-electron chi connectivity index (χ4n) is 6.88. The SMILES string of the molecule is COCCC1=C(/C=C/C2=C(Cl)C(=C/C=C3/N(CCOC)c4ccccc4C3(C)C)/CCC2)C(C)(C)c2ccccc21. The van der Waals surface area contributed by atoms with Gasteiger partial charge in [-0.05, 0) is 76.8 Å². The molecule has 0 radical (unpaired) electrons. The topological polar surface area (TPSA) is 21.7 Å². The van der Waals surface area contributed by atoms with Gasteiger partial charge in [0.1, 0.15) is 0 Å². The van der Waals surface area contributed by atoms with E-state index in [1.807, 2.05) is 0 Å². The molecule has 2 aliphatic carbocycles. The average molecular weight is 570 g/mol. The molecule has 3 aliphatic rings. The Morgan fingerprint density at radius 3 is 2.29 bits per heavy atom. The van der Waals surface area contributed by atoms with Gasteiger partial charge in [-0.15, -0.1) is 0 Å². The molecule has 216 valence electrons. The van der Waals surface area contributed by atoms with Crippen LogP contribution >= 0.6 is 11.6 Å². The number of nitrogens with zero attached hydrogens (tertiary/aromatic N) is 1. The van der Waals surface area contributed by atoms with Crippen LogP contribution in [0.15, 0.2) is 100 Å². The summed E-state index contributed by atoms with van der Waals surface area (Å²) in [6.45, 7) is 11.5. The molecule has 2 aromatic rings. The third kappa shape index (κ3) is 5.52. The maximum atomic E-state index is 7.14. The fourth-order valence-corrected chi connectivity index (χ4v) is 7.19. The van der Waals surface area contributed by atoms with Gasteiger partial charge in [0, 0.05) is 48.0 Å². The van der Waals surface area contributed by atoms with Gasteiger partial charge in [-0.2, -0.15) is 0 Å². The van der Waals surface area contributed by atoms with E-state index in [0.29, 0.717) is 13.2 Å². The van der Waals surface area contributed by atoms with Gasteiger partial charge in [0.25, 0.3) is 0 Å². The lowest BCUT2D eigenvalue weighted by molar-refractivity contribution is 0.206. The summed E-state index contributed by atoms with van der Waals surface area (Å²) in [5.41, 5.74) is 11.7. The van der Waals surface area contributed by atoms with E-state index >= 15 is 0 Å². The lowest BCUT2D eigenvalue weighted by Crippen LogP contribution is -2.28. The van der Waals surface area contributed by atoms with E-state index in [2.05, 4.69) is 105 Å². The zero-order chi connectivity index (χ0) is 29.2. The highest BCUT2D eigenvalue weighted by Crippen LogP contribution is 2.49. The van der Waals surface area contributed by atoms with Crippen molar-refractivity contribution in [2.75, 3.05) is 38.9 Å². The van der Waals surface area contributed by atoms with E-state index in [0.717, 1.165) is 37.3 Å². The van der Waals surface area contributed by atoms with Crippen LogP contribution in [-0.2, 0) is 20.3 Å². The monoisotopic (exact) mass is 569 g/mol. The molecule has 0 atom stereocenters. The Morgan fingerprint density at radius 2 is 1.54 bits per heavy atom. The van der Waals surface area contributed by atoms with Gasteiger partial charge in [0.05, 0.1) is 13.2 Å². The molecule has 4 heteroatoms. The molecule has 1 aliphatic heterocycles. The van der Waals surface area contributed by atoms with Crippen molar-refractivity contribution >= 4 is 22.9 Å². The largest absolute Gasteiger partial charge is 0.384 e. The van der Waals surface area contributed by atoms with Gasteiger partial charge in [-0.1, -0.05) is 100.0 Å². The van der Waals surface area contributed by atoms with Crippen molar-refractivity contribution in [3.05, 3.63) is 117 Å². The van der Waals surface area contributed by atoms with E-state index in [4.69, 9.17) is 21.1 Å². The van der Waals surface area contributed by atoms with E-state index < -0.39 is 0 Å². The van der Waals surface area contributed by atoms with Crippen molar-refractivity contribution in [1.82, 2.24) is 0 Å². The number of halogens is 1. The second-order valence-corrected chi connectivity index (χ2v) is 12.7. The smallest absolute Gasteiger partial charge is 0.0642 e. The summed E-state index contributed by atoms with van der Waals surface area (Å²) in [4.78, 5) is 2.41. The number of hydrogen-bond acceptors (Lipinski definition) is 3. The van der Waals surface area contributed by atoms with E-state index in [1.54, 1.807) is 14.2 Å². The van der Waals surface area contributed by atoms with E-state index in [-0.39, 0.29) is 10.8 Å². The summed E-state index contributed by atoms with van der Waals surface area (Å²) >= 11 is 7.14. The molecule has 2 aromatic carbocycles. The number of benzene rings is 2. The molecule has 0 spiro atoms. The number of ether oxygens (including phenoxy) is 2. The molecule has 0 fully saturated rings. The minimum absolute atomic E-state index is 0.0598. The minimum Gasteiger partial charge on any atom is -0.384 e. The third-order valence-electron chi connectivity index (χ3n) is 9.15. The van der Waals surface area contributed by atoms with Crippen LogP contribution in [0.1, 0.15) is 70.1 Å². The molecule has 0 bridgehead atoms. The summed E-state index contributed by atoms with van der Waals surface area (Å²) in [6, 6.07) is 17.5. The first-order valence-electron chi connectivity index (χ1n) is 14.9. The van der Waals surface area contributed by atoms with Crippen LogP contribution in [0.25, 0.3) is 5.57 Å². The van der Waals surface area contributed by atoms with Crippen molar-refractivity contribution in [2.24, 2.45) is 0 Å². The summed E-state index contributed by atoms with van der Waals surface area (Å²) in [5, 5.41) is 0.897. The lowest BCUT2D eigenvalue weighted by Gasteiger charge is -2.27. The molecule has 1 heterocycles. The van der Waals surface area contributed by atoms with Crippen molar-refractivity contribution in [3.63, 3.8) is 0 Å². The van der Waals surface area contributed by atoms with Crippen LogP contribution in [0.4, 0.5) is 5.69 Å². The van der Waals surface area contributed by atoms with Crippen LogP contribution in [-0.4, -0.2) is 34.0 Å². The number of rotatable bonds is 9. The normalized spacial score (nSPS) is 21.5. The Balaban J connectivity index is 1.48. The molecule has 0 amide bonds. The maximum Gasteiger partial charge on any atom is 0.0642 e. The standard InChI is InChI=1S/C37H44ClNO2/c1-36(2)30-15-8-7-14-28(30)29(22-24-40-5)31(36)20-18-26-12-11-13-27(35(26)38)19-21-34-37(3,4)32-16-9-10-17-33(32)39(34)23-25-41-6/h7-10,14-21H,11-13,22-25H2,1-6H3/b20-18+,27-19+,34-21+. The highest BCUT2D eigenvalue weighted by Gasteiger charge is 2.39. The van der Waals surface area contributed by atoms with Gasteiger partial charge in [0.15, 0.2) is 0 Å². The quantitative estimate of drug-likeness (QED) is 0.300. The summed E-state index contributed by atoms with van der Waals surface area (Å²) in [6.07, 6.45) is 13.1. The Morgan fingerprint density at radius 1 is 0.829 bits per heavy atom. The van der Waals surface area contributed by atoms with Crippen molar-refractivity contribution in [1.29, 1.82) is 0 Å².